The minimum Gasteiger partial charge on any atom is -0.425 e. The van der Waals surface area contributed by atoms with E-state index in [4.69, 9.17) is 9.15 Å². The number of aromatic nitrogens is 5. The van der Waals surface area contributed by atoms with E-state index in [2.05, 4.69) is 20.4 Å². The molecule has 0 radical (unpaired) electrons. The predicted molar refractivity (Wildman–Crippen MR) is 93.0 cm³/mol. The van der Waals surface area contributed by atoms with Gasteiger partial charge < -0.3 is 9.15 Å². The summed E-state index contributed by atoms with van der Waals surface area (Å²) in [5.74, 6) is 2.01. The zero-order valence-corrected chi connectivity index (χ0v) is 15.1. The van der Waals surface area contributed by atoms with Crippen LogP contribution in [0.15, 0.2) is 33.8 Å². The summed E-state index contributed by atoms with van der Waals surface area (Å²) in [6, 6.07) is 6.27. The second-order valence-electron chi connectivity index (χ2n) is 6.06. The van der Waals surface area contributed by atoms with Crippen LogP contribution in [0.1, 0.15) is 24.6 Å². The van der Waals surface area contributed by atoms with Crippen LogP contribution in [0.3, 0.4) is 0 Å². The highest BCUT2D eigenvalue weighted by Crippen LogP contribution is 2.28. The summed E-state index contributed by atoms with van der Waals surface area (Å²) < 4.78 is 26.5. The number of thioether (sulfide) groups is 1. The molecule has 2 aromatic heterocycles. The Kier molecular flexibility index (Phi) is 4.98. The number of aryl methyl sites for hydroxylation is 1. The number of hydrogen-bond donors (Lipinski definition) is 0. The number of benzene rings is 1. The molecule has 0 bridgehead atoms. The number of hydrogen-bond acceptors (Lipinski definition) is 7. The van der Waals surface area contributed by atoms with Crippen molar-refractivity contribution in [2.45, 2.75) is 43.3 Å². The monoisotopic (exact) mass is 375 g/mol. The van der Waals surface area contributed by atoms with Crippen LogP contribution in [0.5, 0.6) is 0 Å². The van der Waals surface area contributed by atoms with Gasteiger partial charge in [-0.3, -0.25) is 4.57 Å². The first-order valence-corrected chi connectivity index (χ1v) is 9.40. The summed E-state index contributed by atoms with van der Waals surface area (Å²) in [6.07, 6.45) is 2.20. The van der Waals surface area contributed by atoms with E-state index in [-0.39, 0.29) is 11.9 Å². The van der Waals surface area contributed by atoms with Gasteiger partial charge in [-0.05, 0) is 37.1 Å². The fourth-order valence-corrected chi connectivity index (χ4v) is 3.67. The molecule has 4 rings (SSSR count). The van der Waals surface area contributed by atoms with E-state index in [1.165, 1.54) is 23.9 Å². The fraction of sp³-hybridized carbons (Fsp3) is 0.412. The molecular weight excluding hydrogens is 357 g/mol. The van der Waals surface area contributed by atoms with E-state index in [0.717, 1.165) is 30.2 Å². The fourth-order valence-electron chi connectivity index (χ4n) is 2.89. The molecule has 1 unspecified atom stereocenters. The number of rotatable bonds is 6. The molecule has 26 heavy (non-hydrogen) atoms. The number of ether oxygens (including phenoxy) is 1. The van der Waals surface area contributed by atoms with Gasteiger partial charge in [-0.25, -0.2) is 4.39 Å². The Bertz CT molecular complexity index is 874. The molecule has 0 N–H and O–H groups in total. The maximum atomic E-state index is 13.3. The predicted octanol–water partition coefficient (Wildman–Crippen LogP) is 3.25. The molecule has 7 nitrogen and oxygen atoms in total. The molecule has 1 saturated heterocycles. The van der Waals surface area contributed by atoms with Crippen molar-refractivity contribution in [2.24, 2.45) is 0 Å². The first kappa shape index (κ1) is 17.2. The molecule has 0 amide bonds. The van der Waals surface area contributed by atoms with Gasteiger partial charge >= 0.3 is 0 Å². The average molecular weight is 375 g/mol. The van der Waals surface area contributed by atoms with Gasteiger partial charge in [0.15, 0.2) is 11.0 Å². The third-order valence-corrected chi connectivity index (χ3v) is 5.07. The SMILES string of the molecule is Cc1nnc(CSc2nnc(-c3ccc(F)cc3)n2CC2CCCO2)o1. The second kappa shape index (κ2) is 7.55. The lowest BCUT2D eigenvalue weighted by molar-refractivity contribution is 0.0953. The first-order valence-electron chi connectivity index (χ1n) is 8.41. The highest BCUT2D eigenvalue weighted by Gasteiger charge is 2.22. The van der Waals surface area contributed by atoms with Crippen LogP contribution >= 0.6 is 11.8 Å². The third-order valence-electron chi connectivity index (χ3n) is 4.12. The molecule has 1 aliphatic rings. The van der Waals surface area contributed by atoms with E-state index in [9.17, 15) is 4.39 Å². The highest BCUT2D eigenvalue weighted by molar-refractivity contribution is 7.98. The van der Waals surface area contributed by atoms with Crippen molar-refractivity contribution in [3.63, 3.8) is 0 Å². The highest BCUT2D eigenvalue weighted by atomic mass is 32.2. The van der Waals surface area contributed by atoms with Gasteiger partial charge in [0.2, 0.25) is 11.8 Å². The molecule has 136 valence electrons. The summed E-state index contributed by atoms with van der Waals surface area (Å²) in [6.45, 7) is 3.20. The summed E-state index contributed by atoms with van der Waals surface area (Å²) in [5.41, 5.74) is 0.817. The quantitative estimate of drug-likeness (QED) is 0.612. The smallest absolute Gasteiger partial charge is 0.226 e. The second-order valence-corrected chi connectivity index (χ2v) is 7.00. The van der Waals surface area contributed by atoms with Crippen molar-refractivity contribution >= 4 is 11.8 Å². The Morgan fingerprint density at radius 2 is 2.04 bits per heavy atom. The molecule has 1 fully saturated rings. The van der Waals surface area contributed by atoms with Crippen LogP contribution in [0.2, 0.25) is 0 Å². The lowest BCUT2D eigenvalue weighted by Crippen LogP contribution is -2.16. The van der Waals surface area contributed by atoms with Crippen molar-refractivity contribution in [1.29, 1.82) is 0 Å². The minimum atomic E-state index is -0.277. The van der Waals surface area contributed by atoms with E-state index >= 15 is 0 Å². The van der Waals surface area contributed by atoms with Gasteiger partial charge in [0.1, 0.15) is 5.82 Å². The van der Waals surface area contributed by atoms with Gasteiger partial charge in [0.25, 0.3) is 0 Å². The lowest BCUT2D eigenvalue weighted by atomic mass is 10.2. The summed E-state index contributed by atoms with van der Waals surface area (Å²) in [5, 5.41) is 17.2. The van der Waals surface area contributed by atoms with Crippen LogP contribution in [0.4, 0.5) is 4.39 Å². The van der Waals surface area contributed by atoms with Gasteiger partial charge in [0, 0.05) is 19.1 Å². The normalized spacial score (nSPS) is 17.1. The number of halogens is 1. The largest absolute Gasteiger partial charge is 0.425 e. The molecular formula is C17H18FN5O2S. The van der Waals surface area contributed by atoms with Crippen LogP contribution < -0.4 is 0 Å². The minimum absolute atomic E-state index is 0.134. The van der Waals surface area contributed by atoms with E-state index in [0.29, 0.717) is 29.9 Å². The van der Waals surface area contributed by atoms with Gasteiger partial charge in [0.05, 0.1) is 18.4 Å². The van der Waals surface area contributed by atoms with Gasteiger partial charge in [-0.15, -0.1) is 20.4 Å². The Morgan fingerprint density at radius 1 is 1.19 bits per heavy atom. The zero-order valence-electron chi connectivity index (χ0n) is 14.3. The maximum Gasteiger partial charge on any atom is 0.226 e. The molecule has 0 saturated carbocycles. The Morgan fingerprint density at radius 3 is 2.73 bits per heavy atom. The summed E-state index contributed by atoms with van der Waals surface area (Å²) in [4.78, 5) is 0. The maximum absolute atomic E-state index is 13.3. The van der Waals surface area contributed by atoms with E-state index < -0.39 is 0 Å². The molecule has 0 spiro atoms. The molecule has 1 aromatic carbocycles. The van der Waals surface area contributed by atoms with Crippen molar-refractivity contribution in [3.05, 3.63) is 41.9 Å². The zero-order chi connectivity index (χ0) is 17.9. The lowest BCUT2D eigenvalue weighted by Gasteiger charge is -2.14. The molecule has 3 heterocycles. The van der Waals surface area contributed by atoms with Crippen molar-refractivity contribution in [3.8, 4) is 11.4 Å². The Hall–Kier alpha value is -2.26. The Labute approximate surface area is 154 Å². The van der Waals surface area contributed by atoms with Gasteiger partial charge in [-0.1, -0.05) is 11.8 Å². The standard InChI is InChI=1S/C17H18FN5O2S/c1-11-19-20-15(25-11)10-26-17-22-21-16(12-4-6-13(18)7-5-12)23(17)9-14-3-2-8-24-14/h4-7,14H,2-3,8-10H2,1H3. The van der Waals surface area contributed by atoms with Crippen LogP contribution in [-0.2, 0) is 17.0 Å². The Balaban J connectivity index is 1.60. The summed E-state index contributed by atoms with van der Waals surface area (Å²) >= 11 is 1.48. The molecule has 9 heteroatoms. The van der Waals surface area contributed by atoms with Crippen LogP contribution in [0, 0.1) is 12.7 Å². The van der Waals surface area contributed by atoms with Crippen LogP contribution in [-0.4, -0.2) is 37.7 Å². The third kappa shape index (κ3) is 3.78. The molecule has 1 atom stereocenters. The van der Waals surface area contributed by atoms with E-state index in [1.807, 2.05) is 4.57 Å². The topological polar surface area (TPSA) is 78.9 Å². The molecule has 1 aliphatic heterocycles. The average Bonchev–Trinajstić information content (AvgIpc) is 3.37. The molecule has 0 aliphatic carbocycles. The van der Waals surface area contributed by atoms with Crippen molar-refractivity contribution in [1.82, 2.24) is 25.0 Å². The summed E-state index contributed by atoms with van der Waals surface area (Å²) in [7, 11) is 0. The van der Waals surface area contributed by atoms with Gasteiger partial charge in [-0.2, -0.15) is 0 Å². The van der Waals surface area contributed by atoms with E-state index in [1.54, 1.807) is 19.1 Å². The number of nitrogens with zero attached hydrogens (tertiary/aromatic N) is 5. The van der Waals surface area contributed by atoms with Crippen molar-refractivity contribution < 1.29 is 13.5 Å². The first-order chi connectivity index (χ1) is 12.7. The molecule has 3 aromatic rings. The van der Waals surface area contributed by atoms with Crippen LogP contribution in [0.25, 0.3) is 11.4 Å². The van der Waals surface area contributed by atoms with Crippen molar-refractivity contribution in [2.75, 3.05) is 6.61 Å².